The summed E-state index contributed by atoms with van der Waals surface area (Å²) in [6, 6.07) is 5.67. The van der Waals surface area contributed by atoms with Gasteiger partial charge in [0, 0.05) is 6.54 Å². The molecule has 1 amide bonds. The number of amides is 1. The van der Waals surface area contributed by atoms with Crippen LogP contribution < -0.4 is 11.1 Å². The number of primary amides is 1. The van der Waals surface area contributed by atoms with Crippen LogP contribution in [0.1, 0.15) is 11.7 Å². The average molecular weight is 212 g/mol. The monoisotopic (exact) mass is 212 g/mol. The largest absolute Gasteiger partial charge is 0.387 e. The minimum Gasteiger partial charge on any atom is -0.387 e. The average Bonchev–Trinajstić information content (AvgIpc) is 2.17. The fourth-order valence-electron chi connectivity index (χ4n) is 1.16. The minimum absolute atomic E-state index is 0.00756. The van der Waals surface area contributed by atoms with E-state index in [-0.39, 0.29) is 13.1 Å². The zero-order valence-electron chi connectivity index (χ0n) is 8.11. The highest BCUT2D eigenvalue weighted by Gasteiger charge is 2.07. The maximum atomic E-state index is 12.8. The van der Waals surface area contributed by atoms with Crippen molar-refractivity contribution in [2.24, 2.45) is 5.73 Å². The van der Waals surface area contributed by atoms with Gasteiger partial charge in [0.1, 0.15) is 5.82 Å². The zero-order chi connectivity index (χ0) is 11.3. The topological polar surface area (TPSA) is 75.4 Å². The quantitative estimate of drug-likeness (QED) is 0.639. The van der Waals surface area contributed by atoms with E-state index in [9.17, 15) is 14.3 Å². The van der Waals surface area contributed by atoms with Gasteiger partial charge in [-0.05, 0) is 17.7 Å². The number of carbonyl (C=O) groups is 1. The molecule has 0 spiro atoms. The van der Waals surface area contributed by atoms with Crippen molar-refractivity contribution >= 4 is 5.91 Å². The van der Waals surface area contributed by atoms with Crippen LogP contribution in [0.15, 0.2) is 24.3 Å². The van der Waals surface area contributed by atoms with E-state index in [1.807, 2.05) is 0 Å². The van der Waals surface area contributed by atoms with E-state index in [1.54, 1.807) is 6.07 Å². The van der Waals surface area contributed by atoms with Crippen molar-refractivity contribution in [2.75, 3.05) is 13.1 Å². The molecule has 1 unspecified atom stereocenters. The van der Waals surface area contributed by atoms with Crippen LogP contribution in [0.5, 0.6) is 0 Å². The first-order valence-electron chi connectivity index (χ1n) is 4.52. The molecule has 15 heavy (non-hydrogen) atoms. The summed E-state index contributed by atoms with van der Waals surface area (Å²) in [6.07, 6.45) is -0.847. The second-order valence-corrected chi connectivity index (χ2v) is 3.17. The lowest BCUT2D eigenvalue weighted by Crippen LogP contribution is -2.31. The summed E-state index contributed by atoms with van der Waals surface area (Å²) in [7, 11) is 0. The van der Waals surface area contributed by atoms with Gasteiger partial charge in [0.2, 0.25) is 5.91 Å². The molecule has 0 saturated heterocycles. The van der Waals surface area contributed by atoms with Gasteiger partial charge >= 0.3 is 0 Å². The van der Waals surface area contributed by atoms with Crippen LogP contribution in [0.4, 0.5) is 4.39 Å². The van der Waals surface area contributed by atoms with Gasteiger partial charge in [-0.3, -0.25) is 4.79 Å². The Morgan fingerprint density at radius 2 is 2.33 bits per heavy atom. The number of aliphatic hydroxyl groups is 1. The molecule has 1 atom stereocenters. The molecule has 0 aromatic heterocycles. The van der Waals surface area contributed by atoms with Gasteiger partial charge in [-0.25, -0.2) is 4.39 Å². The fourth-order valence-corrected chi connectivity index (χ4v) is 1.16. The first kappa shape index (κ1) is 11.6. The van der Waals surface area contributed by atoms with Gasteiger partial charge in [0.15, 0.2) is 0 Å². The Hall–Kier alpha value is -1.46. The Bertz CT molecular complexity index is 344. The predicted octanol–water partition coefficient (Wildman–Crippen LogP) is -0.0660. The zero-order valence-corrected chi connectivity index (χ0v) is 8.11. The first-order chi connectivity index (χ1) is 7.09. The minimum atomic E-state index is -0.847. The summed E-state index contributed by atoms with van der Waals surface area (Å²) in [6.45, 7) is 0.152. The molecule has 5 heteroatoms. The number of carbonyl (C=O) groups excluding carboxylic acids is 1. The number of nitrogens with one attached hydrogen (secondary N) is 1. The van der Waals surface area contributed by atoms with E-state index in [2.05, 4.69) is 5.32 Å². The number of nitrogens with two attached hydrogens (primary N) is 1. The number of halogens is 1. The molecule has 0 heterocycles. The van der Waals surface area contributed by atoms with Crippen molar-refractivity contribution in [3.63, 3.8) is 0 Å². The maximum Gasteiger partial charge on any atom is 0.231 e. The Labute approximate surface area is 86.9 Å². The molecule has 0 aliphatic rings. The van der Waals surface area contributed by atoms with Crippen LogP contribution in [0.3, 0.4) is 0 Å². The number of benzene rings is 1. The van der Waals surface area contributed by atoms with E-state index >= 15 is 0 Å². The molecule has 4 N–H and O–H groups in total. The molecule has 0 aliphatic carbocycles. The van der Waals surface area contributed by atoms with Gasteiger partial charge in [0.05, 0.1) is 12.6 Å². The summed E-state index contributed by atoms with van der Waals surface area (Å²) in [4.78, 5) is 10.4. The van der Waals surface area contributed by atoms with Crippen LogP contribution in [0.2, 0.25) is 0 Å². The van der Waals surface area contributed by atoms with Gasteiger partial charge in [-0.15, -0.1) is 0 Å². The lowest BCUT2D eigenvalue weighted by molar-refractivity contribution is -0.117. The summed E-state index contributed by atoms with van der Waals surface area (Å²) < 4.78 is 12.8. The fraction of sp³-hybridized carbons (Fsp3) is 0.300. The lowest BCUT2D eigenvalue weighted by atomic mass is 10.1. The van der Waals surface area contributed by atoms with Crippen LogP contribution in [0, 0.1) is 5.82 Å². The van der Waals surface area contributed by atoms with E-state index in [0.717, 1.165) is 0 Å². The molecular weight excluding hydrogens is 199 g/mol. The standard InChI is InChI=1S/C10H13FN2O2/c11-8-3-1-2-7(4-8)9(14)5-13-6-10(12)15/h1-4,9,13-14H,5-6H2,(H2,12,15). The normalized spacial score (nSPS) is 12.4. The Morgan fingerprint density at radius 1 is 1.60 bits per heavy atom. The molecule has 82 valence electrons. The van der Waals surface area contributed by atoms with E-state index in [1.165, 1.54) is 18.2 Å². The molecule has 0 aliphatic heterocycles. The number of aliphatic hydroxyl groups excluding tert-OH is 1. The Balaban J connectivity index is 2.46. The summed E-state index contributed by atoms with van der Waals surface area (Å²) >= 11 is 0. The smallest absolute Gasteiger partial charge is 0.231 e. The van der Waals surface area contributed by atoms with Crippen LogP contribution in [-0.2, 0) is 4.79 Å². The second kappa shape index (κ2) is 5.43. The van der Waals surface area contributed by atoms with Gasteiger partial charge in [-0.2, -0.15) is 0 Å². The van der Waals surface area contributed by atoms with Crippen molar-refractivity contribution in [1.29, 1.82) is 0 Å². The van der Waals surface area contributed by atoms with Gasteiger partial charge < -0.3 is 16.2 Å². The van der Waals surface area contributed by atoms with Gasteiger partial charge in [0.25, 0.3) is 0 Å². The van der Waals surface area contributed by atoms with E-state index in [4.69, 9.17) is 5.73 Å². The number of hydrogen-bond acceptors (Lipinski definition) is 3. The van der Waals surface area contributed by atoms with Crippen LogP contribution in [0.25, 0.3) is 0 Å². The molecule has 0 saturated carbocycles. The van der Waals surface area contributed by atoms with Crippen molar-refractivity contribution in [3.05, 3.63) is 35.6 Å². The molecule has 0 bridgehead atoms. The second-order valence-electron chi connectivity index (χ2n) is 3.17. The Morgan fingerprint density at radius 3 is 2.93 bits per heavy atom. The van der Waals surface area contributed by atoms with E-state index < -0.39 is 17.8 Å². The van der Waals surface area contributed by atoms with Crippen LogP contribution in [-0.4, -0.2) is 24.1 Å². The van der Waals surface area contributed by atoms with Crippen molar-refractivity contribution in [3.8, 4) is 0 Å². The third-order valence-electron chi connectivity index (χ3n) is 1.87. The molecule has 1 rings (SSSR count). The third kappa shape index (κ3) is 4.05. The summed E-state index contributed by atoms with van der Waals surface area (Å²) in [5.41, 5.74) is 5.36. The van der Waals surface area contributed by atoms with Gasteiger partial charge in [-0.1, -0.05) is 12.1 Å². The highest BCUT2D eigenvalue weighted by molar-refractivity contribution is 5.75. The summed E-state index contributed by atoms with van der Waals surface area (Å²) in [5, 5.41) is 12.2. The maximum absolute atomic E-state index is 12.8. The lowest BCUT2D eigenvalue weighted by Gasteiger charge is -2.11. The van der Waals surface area contributed by atoms with Crippen molar-refractivity contribution in [2.45, 2.75) is 6.10 Å². The predicted molar refractivity (Wildman–Crippen MR) is 53.4 cm³/mol. The molecule has 0 radical (unpaired) electrons. The molecule has 0 fully saturated rings. The number of rotatable bonds is 5. The SMILES string of the molecule is NC(=O)CNCC(O)c1cccc(F)c1. The highest BCUT2D eigenvalue weighted by Crippen LogP contribution is 2.12. The summed E-state index contributed by atoms with van der Waals surface area (Å²) in [5.74, 6) is -0.900. The third-order valence-corrected chi connectivity index (χ3v) is 1.87. The molecule has 4 nitrogen and oxygen atoms in total. The molecular formula is C10H13FN2O2. The van der Waals surface area contributed by atoms with Crippen molar-refractivity contribution < 1.29 is 14.3 Å². The van der Waals surface area contributed by atoms with Crippen LogP contribution >= 0.6 is 0 Å². The number of hydrogen-bond donors (Lipinski definition) is 3. The first-order valence-corrected chi connectivity index (χ1v) is 4.52. The Kier molecular flexibility index (Phi) is 4.20. The highest BCUT2D eigenvalue weighted by atomic mass is 19.1. The molecule has 1 aromatic carbocycles. The molecule has 1 aromatic rings. The van der Waals surface area contributed by atoms with E-state index in [0.29, 0.717) is 5.56 Å². The van der Waals surface area contributed by atoms with Crippen molar-refractivity contribution in [1.82, 2.24) is 5.32 Å².